The van der Waals surface area contributed by atoms with Crippen molar-refractivity contribution in [3.05, 3.63) is 21.9 Å². The molecular weight excluding hydrogens is 202 g/mol. The zero-order valence-corrected chi connectivity index (χ0v) is 8.66. The van der Waals surface area contributed by atoms with Crippen LogP contribution in [0, 0.1) is 6.92 Å². The third-order valence-corrected chi connectivity index (χ3v) is 2.81. The van der Waals surface area contributed by atoms with Crippen LogP contribution in [0.5, 0.6) is 0 Å². The standard InChI is InChI=1S/C9H14BrN/c1-3-4-5-8-6-11-9(10)7(8)2/h6,11H,3-5H2,1-2H3. The molecule has 1 heterocycles. The highest BCUT2D eigenvalue weighted by molar-refractivity contribution is 9.10. The van der Waals surface area contributed by atoms with Crippen LogP contribution in [0.1, 0.15) is 30.9 Å². The van der Waals surface area contributed by atoms with Gasteiger partial charge < -0.3 is 4.98 Å². The molecule has 1 aromatic rings. The van der Waals surface area contributed by atoms with E-state index in [4.69, 9.17) is 0 Å². The van der Waals surface area contributed by atoms with Crippen LogP contribution in [0.3, 0.4) is 0 Å². The Morgan fingerprint density at radius 1 is 1.55 bits per heavy atom. The summed E-state index contributed by atoms with van der Waals surface area (Å²) in [6, 6.07) is 0. The fourth-order valence-electron chi connectivity index (χ4n) is 1.13. The van der Waals surface area contributed by atoms with Crippen molar-refractivity contribution >= 4 is 15.9 Å². The van der Waals surface area contributed by atoms with Crippen molar-refractivity contribution in [1.29, 1.82) is 0 Å². The highest BCUT2D eigenvalue weighted by Gasteiger charge is 2.02. The zero-order chi connectivity index (χ0) is 8.27. The van der Waals surface area contributed by atoms with Gasteiger partial charge in [-0.15, -0.1) is 0 Å². The SMILES string of the molecule is CCCCc1c[nH]c(Br)c1C. The van der Waals surface area contributed by atoms with E-state index in [1.54, 1.807) is 0 Å². The molecule has 0 aromatic carbocycles. The zero-order valence-electron chi connectivity index (χ0n) is 7.08. The molecule has 0 fully saturated rings. The topological polar surface area (TPSA) is 15.8 Å². The summed E-state index contributed by atoms with van der Waals surface area (Å²) < 4.78 is 1.13. The fourth-order valence-corrected chi connectivity index (χ4v) is 1.50. The average molecular weight is 216 g/mol. The first-order chi connectivity index (χ1) is 5.25. The van der Waals surface area contributed by atoms with Gasteiger partial charge in [0.1, 0.15) is 0 Å². The van der Waals surface area contributed by atoms with Crippen LogP contribution in [0.4, 0.5) is 0 Å². The maximum absolute atomic E-state index is 3.45. The van der Waals surface area contributed by atoms with Gasteiger partial charge >= 0.3 is 0 Å². The van der Waals surface area contributed by atoms with Crippen LogP contribution in [0.2, 0.25) is 0 Å². The van der Waals surface area contributed by atoms with E-state index in [1.165, 1.54) is 30.4 Å². The molecule has 0 aliphatic rings. The van der Waals surface area contributed by atoms with Gasteiger partial charge in [0.25, 0.3) is 0 Å². The number of hydrogen-bond acceptors (Lipinski definition) is 0. The molecule has 0 aliphatic heterocycles. The predicted molar refractivity (Wildman–Crippen MR) is 51.8 cm³/mol. The summed E-state index contributed by atoms with van der Waals surface area (Å²) in [6.07, 6.45) is 5.84. The van der Waals surface area contributed by atoms with E-state index < -0.39 is 0 Å². The highest BCUT2D eigenvalue weighted by Crippen LogP contribution is 2.19. The molecule has 0 saturated carbocycles. The summed E-state index contributed by atoms with van der Waals surface area (Å²) in [5.41, 5.74) is 2.80. The van der Waals surface area contributed by atoms with Gasteiger partial charge in [-0.25, -0.2) is 0 Å². The summed E-state index contributed by atoms with van der Waals surface area (Å²) in [4.78, 5) is 3.16. The Bertz CT molecular complexity index is 227. The number of aryl methyl sites for hydroxylation is 1. The van der Waals surface area contributed by atoms with Crippen LogP contribution < -0.4 is 0 Å². The molecular formula is C9H14BrN. The molecule has 0 amide bonds. The van der Waals surface area contributed by atoms with Crippen LogP contribution in [-0.2, 0) is 6.42 Å². The summed E-state index contributed by atoms with van der Waals surface area (Å²) >= 11 is 3.45. The van der Waals surface area contributed by atoms with Gasteiger partial charge in [-0.3, -0.25) is 0 Å². The smallest absolute Gasteiger partial charge is 0.0852 e. The second-order valence-corrected chi connectivity index (χ2v) is 3.65. The van der Waals surface area contributed by atoms with E-state index in [2.05, 4.69) is 41.0 Å². The number of H-pyrrole nitrogens is 1. The Kier molecular flexibility index (Phi) is 3.18. The average Bonchev–Trinajstić information content (AvgIpc) is 2.31. The summed E-state index contributed by atoms with van der Waals surface area (Å²) in [7, 11) is 0. The van der Waals surface area contributed by atoms with Gasteiger partial charge in [0.05, 0.1) is 4.60 Å². The molecule has 0 radical (unpaired) electrons. The van der Waals surface area contributed by atoms with Crippen molar-refractivity contribution in [3.63, 3.8) is 0 Å². The minimum absolute atomic E-state index is 1.13. The van der Waals surface area contributed by atoms with Crippen molar-refractivity contribution in [2.24, 2.45) is 0 Å². The minimum atomic E-state index is 1.13. The van der Waals surface area contributed by atoms with Crippen LogP contribution in [0.25, 0.3) is 0 Å². The molecule has 1 N–H and O–H groups in total. The maximum atomic E-state index is 3.45. The van der Waals surface area contributed by atoms with Gasteiger partial charge in [0.2, 0.25) is 0 Å². The summed E-state index contributed by atoms with van der Waals surface area (Å²) in [5.74, 6) is 0. The van der Waals surface area contributed by atoms with Gasteiger partial charge in [-0.05, 0) is 46.8 Å². The molecule has 0 spiro atoms. The van der Waals surface area contributed by atoms with Crippen LogP contribution >= 0.6 is 15.9 Å². The van der Waals surface area contributed by atoms with Gasteiger partial charge in [0, 0.05) is 6.20 Å². The second-order valence-electron chi connectivity index (χ2n) is 2.86. The van der Waals surface area contributed by atoms with Crippen LogP contribution in [-0.4, -0.2) is 4.98 Å². The first-order valence-electron chi connectivity index (χ1n) is 4.08. The van der Waals surface area contributed by atoms with Gasteiger partial charge in [-0.2, -0.15) is 0 Å². The first kappa shape index (κ1) is 8.85. The molecule has 0 aliphatic carbocycles. The van der Waals surface area contributed by atoms with Gasteiger partial charge in [-0.1, -0.05) is 13.3 Å². The number of unbranched alkanes of at least 4 members (excludes halogenated alkanes) is 1. The molecule has 1 aromatic heterocycles. The number of aromatic nitrogens is 1. The summed E-state index contributed by atoms with van der Waals surface area (Å²) in [5, 5.41) is 0. The Balaban J connectivity index is 2.63. The third kappa shape index (κ3) is 2.09. The molecule has 0 saturated heterocycles. The summed E-state index contributed by atoms with van der Waals surface area (Å²) in [6.45, 7) is 4.36. The molecule has 0 atom stereocenters. The fraction of sp³-hybridized carbons (Fsp3) is 0.556. The quantitative estimate of drug-likeness (QED) is 0.796. The maximum Gasteiger partial charge on any atom is 0.0852 e. The molecule has 0 bridgehead atoms. The number of nitrogens with one attached hydrogen (secondary N) is 1. The highest BCUT2D eigenvalue weighted by atomic mass is 79.9. The third-order valence-electron chi connectivity index (χ3n) is 1.98. The van der Waals surface area contributed by atoms with Crippen molar-refractivity contribution < 1.29 is 0 Å². The predicted octanol–water partition coefficient (Wildman–Crippen LogP) is 3.43. The van der Waals surface area contributed by atoms with Crippen molar-refractivity contribution in [1.82, 2.24) is 4.98 Å². The Morgan fingerprint density at radius 3 is 2.73 bits per heavy atom. The van der Waals surface area contributed by atoms with E-state index in [0.717, 1.165) is 4.60 Å². The molecule has 2 heteroatoms. The largest absolute Gasteiger partial charge is 0.356 e. The van der Waals surface area contributed by atoms with Crippen molar-refractivity contribution in [2.75, 3.05) is 0 Å². The van der Waals surface area contributed by atoms with E-state index in [-0.39, 0.29) is 0 Å². The minimum Gasteiger partial charge on any atom is -0.356 e. The lowest BCUT2D eigenvalue weighted by Gasteiger charge is -1.96. The van der Waals surface area contributed by atoms with E-state index in [1.807, 2.05) is 0 Å². The Morgan fingerprint density at radius 2 is 2.27 bits per heavy atom. The van der Waals surface area contributed by atoms with Crippen molar-refractivity contribution in [3.8, 4) is 0 Å². The monoisotopic (exact) mass is 215 g/mol. The molecule has 1 nitrogen and oxygen atoms in total. The molecule has 62 valence electrons. The lowest BCUT2D eigenvalue weighted by atomic mass is 10.1. The first-order valence-corrected chi connectivity index (χ1v) is 4.87. The number of rotatable bonds is 3. The van der Waals surface area contributed by atoms with Crippen LogP contribution in [0.15, 0.2) is 10.8 Å². The molecule has 11 heavy (non-hydrogen) atoms. The molecule has 1 rings (SSSR count). The Labute approximate surface area is 76.3 Å². The normalized spacial score (nSPS) is 10.5. The van der Waals surface area contributed by atoms with Gasteiger partial charge in [0.15, 0.2) is 0 Å². The van der Waals surface area contributed by atoms with E-state index in [0.29, 0.717) is 0 Å². The Hall–Kier alpha value is -0.240. The van der Waals surface area contributed by atoms with Crippen molar-refractivity contribution in [2.45, 2.75) is 33.1 Å². The van der Waals surface area contributed by atoms with E-state index in [9.17, 15) is 0 Å². The number of hydrogen-bond donors (Lipinski definition) is 1. The van der Waals surface area contributed by atoms with E-state index >= 15 is 0 Å². The number of aromatic amines is 1. The lowest BCUT2D eigenvalue weighted by molar-refractivity contribution is 0.792. The lowest BCUT2D eigenvalue weighted by Crippen LogP contribution is -1.83. The molecule has 0 unspecified atom stereocenters. The second kappa shape index (κ2) is 3.96. The number of halogens is 1.